The van der Waals surface area contributed by atoms with Crippen LogP contribution in [0.3, 0.4) is 0 Å². The van der Waals surface area contributed by atoms with E-state index in [-0.39, 0.29) is 6.61 Å². The maximum Gasteiger partial charge on any atom is 0.0443 e. The minimum Gasteiger partial charge on any atom is -0.396 e. The van der Waals surface area contributed by atoms with Crippen LogP contribution in [0.5, 0.6) is 0 Å². The van der Waals surface area contributed by atoms with Crippen LogP contribution in [0.2, 0.25) is 0 Å². The lowest BCUT2D eigenvalue weighted by Crippen LogP contribution is -2.06. The summed E-state index contributed by atoms with van der Waals surface area (Å²) in [6, 6.07) is 0. The van der Waals surface area contributed by atoms with Crippen LogP contribution in [0.25, 0.3) is 0 Å². The van der Waals surface area contributed by atoms with Crippen LogP contribution in [0.1, 0.15) is 13.3 Å². The van der Waals surface area contributed by atoms with Crippen LogP contribution >= 0.6 is 0 Å². The smallest absolute Gasteiger partial charge is 0.0443 e. The van der Waals surface area contributed by atoms with E-state index in [0.29, 0.717) is 0 Å². The van der Waals surface area contributed by atoms with Crippen LogP contribution in [0.15, 0.2) is 0 Å². The van der Waals surface area contributed by atoms with E-state index >= 15 is 0 Å². The maximum absolute atomic E-state index is 8.23. The van der Waals surface area contributed by atoms with E-state index in [1.807, 2.05) is 6.92 Å². The van der Waals surface area contributed by atoms with E-state index in [1.165, 1.54) is 0 Å². The Balaban J connectivity index is 2.45. The molecule has 2 heteroatoms. The lowest BCUT2D eigenvalue weighted by Gasteiger charge is -1.91. The fourth-order valence-electron chi connectivity index (χ4n) is 0.341. The van der Waals surface area contributed by atoms with Crippen LogP contribution in [-0.2, 0) is 0 Å². The van der Waals surface area contributed by atoms with E-state index in [1.54, 1.807) is 0 Å². The van der Waals surface area contributed by atoms with E-state index in [0.717, 1.165) is 19.5 Å². The highest BCUT2D eigenvalue weighted by Crippen LogP contribution is 1.70. The average molecular weight is 102 g/mol. The van der Waals surface area contributed by atoms with Crippen molar-refractivity contribution < 1.29 is 5.11 Å². The predicted octanol–water partition coefficient (Wildman–Crippen LogP) is -0.00690. The highest BCUT2D eigenvalue weighted by atomic mass is 16.3. The van der Waals surface area contributed by atoms with Gasteiger partial charge in [0.2, 0.25) is 0 Å². The normalized spacial score (nSPS) is 9.43. The number of rotatable bonds is 4. The molecule has 0 aromatic rings. The first-order valence-corrected chi connectivity index (χ1v) is 2.66. The van der Waals surface area contributed by atoms with Gasteiger partial charge in [-0.25, -0.2) is 5.32 Å². The second-order valence-electron chi connectivity index (χ2n) is 1.34. The summed E-state index contributed by atoms with van der Waals surface area (Å²) in [7, 11) is 0. The minimum absolute atomic E-state index is 0.267. The van der Waals surface area contributed by atoms with Crippen molar-refractivity contribution in [3.05, 3.63) is 0 Å². The van der Waals surface area contributed by atoms with Crippen molar-refractivity contribution in [2.75, 3.05) is 19.7 Å². The fraction of sp³-hybridized carbons (Fsp3) is 1.00. The first kappa shape index (κ1) is 6.92. The second kappa shape index (κ2) is 5.92. The molecule has 0 unspecified atom stereocenters. The molecule has 0 aliphatic carbocycles. The van der Waals surface area contributed by atoms with Gasteiger partial charge in [-0.2, -0.15) is 0 Å². The molecule has 0 spiro atoms. The molecule has 0 aliphatic rings. The molecule has 0 saturated carbocycles. The van der Waals surface area contributed by atoms with Crippen LogP contribution in [0, 0.1) is 0 Å². The summed E-state index contributed by atoms with van der Waals surface area (Å²) in [5, 5.41) is 12.2. The van der Waals surface area contributed by atoms with E-state index in [9.17, 15) is 0 Å². The molecule has 0 fully saturated rings. The molecule has 0 aliphatic heterocycles. The molecule has 1 radical (unpaired) electrons. The molecule has 0 heterocycles. The summed E-state index contributed by atoms with van der Waals surface area (Å²) < 4.78 is 0. The van der Waals surface area contributed by atoms with Crippen molar-refractivity contribution >= 4 is 0 Å². The van der Waals surface area contributed by atoms with Gasteiger partial charge in [0.1, 0.15) is 0 Å². The van der Waals surface area contributed by atoms with Crippen molar-refractivity contribution in [3.63, 3.8) is 0 Å². The Labute approximate surface area is 44.5 Å². The van der Waals surface area contributed by atoms with Gasteiger partial charge in [-0.05, 0) is 6.42 Å². The molecule has 0 rings (SSSR count). The Bertz CT molecular complexity index is 27.3. The SMILES string of the molecule is CC[N]CCCO. The molecule has 1 N–H and O–H groups in total. The zero-order valence-corrected chi connectivity index (χ0v) is 4.72. The molecular formula is C5H12NO. The first-order valence-electron chi connectivity index (χ1n) is 2.66. The molecule has 7 heavy (non-hydrogen) atoms. The summed E-state index contributed by atoms with van der Waals surface area (Å²) in [5.74, 6) is 0. The third-order valence-electron chi connectivity index (χ3n) is 0.698. The Kier molecular flexibility index (Phi) is 5.85. The van der Waals surface area contributed by atoms with Gasteiger partial charge in [-0.3, -0.25) is 0 Å². The van der Waals surface area contributed by atoms with Gasteiger partial charge in [0.05, 0.1) is 0 Å². The summed E-state index contributed by atoms with van der Waals surface area (Å²) in [6.45, 7) is 3.95. The number of hydrogen-bond acceptors (Lipinski definition) is 1. The van der Waals surface area contributed by atoms with Crippen LogP contribution in [0.4, 0.5) is 0 Å². The molecule has 43 valence electrons. The van der Waals surface area contributed by atoms with E-state index < -0.39 is 0 Å². The zero-order chi connectivity index (χ0) is 5.54. The van der Waals surface area contributed by atoms with Crippen molar-refractivity contribution in [2.24, 2.45) is 0 Å². The largest absolute Gasteiger partial charge is 0.396 e. The third-order valence-corrected chi connectivity index (χ3v) is 0.698. The number of aliphatic hydroxyl groups is 1. The van der Waals surface area contributed by atoms with Crippen LogP contribution in [-0.4, -0.2) is 24.8 Å². The second-order valence-corrected chi connectivity index (χ2v) is 1.34. The first-order chi connectivity index (χ1) is 3.41. The molecule has 0 aromatic carbocycles. The van der Waals surface area contributed by atoms with E-state index in [2.05, 4.69) is 5.32 Å². The summed E-state index contributed by atoms with van der Waals surface area (Å²) >= 11 is 0. The molecule has 0 aromatic heterocycles. The summed E-state index contributed by atoms with van der Waals surface area (Å²) in [5.41, 5.74) is 0. The molecular weight excluding hydrogens is 90.1 g/mol. The summed E-state index contributed by atoms with van der Waals surface area (Å²) in [6.07, 6.45) is 0.813. The van der Waals surface area contributed by atoms with E-state index in [4.69, 9.17) is 5.11 Å². The van der Waals surface area contributed by atoms with Crippen LogP contribution < -0.4 is 5.32 Å². The van der Waals surface area contributed by atoms with Crippen molar-refractivity contribution in [1.29, 1.82) is 0 Å². The van der Waals surface area contributed by atoms with Crippen molar-refractivity contribution in [1.82, 2.24) is 5.32 Å². The van der Waals surface area contributed by atoms with Gasteiger partial charge < -0.3 is 5.11 Å². The molecule has 0 bridgehead atoms. The molecule has 0 amide bonds. The highest BCUT2D eigenvalue weighted by molar-refractivity contribution is 4.38. The highest BCUT2D eigenvalue weighted by Gasteiger charge is 1.80. The monoisotopic (exact) mass is 102 g/mol. The van der Waals surface area contributed by atoms with Crippen molar-refractivity contribution in [2.45, 2.75) is 13.3 Å². The van der Waals surface area contributed by atoms with Gasteiger partial charge in [-0.15, -0.1) is 0 Å². The Morgan fingerprint density at radius 2 is 2.29 bits per heavy atom. The van der Waals surface area contributed by atoms with Gasteiger partial charge in [0, 0.05) is 19.7 Å². The minimum atomic E-state index is 0.267. The van der Waals surface area contributed by atoms with Crippen molar-refractivity contribution in [3.8, 4) is 0 Å². The fourth-order valence-corrected chi connectivity index (χ4v) is 0.341. The molecule has 0 atom stereocenters. The third kappa shape index (κ3) is 5.92. The van der Waals surface area contributed by atoms with Gasteiger partial charge in [-0.1, -0.05) is 6.92 Å². The number of hydrogen-bond donors (Lipinski definition) is 1. The predicted molar refractivity (Wildman–Crippen MR) is 29.2 cm³/mol. The summed E-state index contributed by atoms with van der Waals surface area (Å²) in [4.78, 5) is 0. The average Bonchev–Trinajstić information content (AvgIpc) is 1.69. The molecule has 2 nitrogen and oxygen atoms in total. The van der Waals surface area contributed by atoms with Gasteiger partial charge in [0.25, 0.3) is 0 Å². The standard InChI is InChI=1S/C5H12NO/c1-2-6-4-3-5-7/h7H,2-5H2,1H3. The van der Waals surface area contributed by atoms with Gasteiger partial charge >= 0.3 is 0 Å². The Hall–Kier alpha value is -0.0800. The number of aliphatic hydroxyl groups excluding tert-OH is 1. The molecule has 0 saturated heterocycles. The lowest BCUT2D eigenvalue weighted by molar-refractivity contribution is 0.286. The maximum atomic E-state index is 8.23. The Morgan fingerprint density at radius 3 is 2.71 bits per heavy atom. The lowest BCUT2D eigenvalue weighted by atomic mass is 10.4. The Morgan fingerprint density at radius 1 is 1.57 bits per heavy atom. The topological polar surface area (TPSA) is 34.3 Å². The quantitative estimate of drug-likeness (QED) is 0.498. The van der Waals surface area contributed by atoms with Gasteiger partial charge in [0.15, 0.2) is 0 Å². The number of nitrogens with zero attached hydrogens (tertiary/aromatic N) is 1. The zero-order valence-electron chi connectivity index (χ0n) is 4.72.